The summed E-state index contributed by atoms with van der Waals surface area (Å²) in [5, 5.41) is 5.98. The second-order valence-corrected chi connectivity index (χ2v) is 7.73. The zero-order valence-corrected chi connectivity index (χ0v) is 9.96. The van der Waals surface area contributed by atoms with Crippen LogP contribution < -0.4 is 0 Å². The molecule has 2 rings (SSSR count). The minimum Gasteiger partial charge on any atom is -0.284 e. The number of sulfonamides is 1. The van der Waals surface area contributed by atoms with Gasteiger partial charge in [-0.1, -0.05) is 0 Å². The van der Waals surface area contributed by atoms with Crippen molar-refractivity contribution >= 4 is 19.9 Å². The Morgan fingerprint density at radius 3 is 2.44 bits per heavy atom. The standard InChI is InChI=1S/C7H11N3O4S2/c11-15(12)3-1-10(2-4-15)16(13,14)7-5-8-9-6-7/h5-6H,1-4H2,(H,8,9). The fourth-order valence-corrected chi connectivity index (χ4v) is 4.25. The number of nitrogens with zero attached hydrogens (tertiary/aromatic N) is 2. The minimum atomic E-state index is -3.59. The van der Waals surface area contributed by atoms with Gasteiger partial charge in [0.05, 0.1) is 17.7 Å². The lowest BCUT2D eigenvalue weighted by atomic mass is 10.6. The Morgan fingerprint density at radius 1 is 1.31 bits per heavy atom. The van der Waals surface area contributed by atoms with Crippen LogP contribution in [0.5, 0.6) is 0 Å². The molecule has 1 aromatic rings. The van der Waals surface area contributed by atoms with Gasteiger partial charge in [-0.2, -0.15) is 9.40 Å². The van der Waals surface area contributed by atoms with E-state index in [2.05, 4.69) is 10.2 Å². The average Bonchev–Trinajstić information content (AvgIpc) is 2.70. The first-order chi connectivity index (χ1) is 7.42. The Kier molecular flexibility index (Phi) is 2.76. The van der Waals surface area contributed by atoms with Gasteiger partial charge in [0.15, 0.2) is 9.84 Å². The molecule has 0 saturated carbocycles. The van der Waals surface area contributed by atoms with E-state index in [0.29, 0.717) is 0 Å². The van der Waals surface area contributed by atoms with Gasteiger partial charge in [-0.15, -0.1) is 0 Å². The second-order valence-electron chi connectivity index (χ2n) is 3.49. The minimum absolute atomic E-state index is 0.00977. The number of rotatable bonds is 2. The predicted octanol–water partition coefficient (Wildman–Crippen LogP) is -1.17. The molecule has 1 aromatic heterocycles. The average molecular weight is 265 g/mol. The maximum absolute atomic E-state index is 11.9. The van der Waals surface area contributed by atoms with E-state index >= 15 is 0 Å². The molecule has 1 fully saturated rings. The van der Waals surface area contributed by atoms with E-state index in [-0.39, 0.29) is 29.5 Å². The third kappa shape index (κ3) is 2.11. The van der Waals surface area contributed by atoms with Gasteiger partial charge in [0.2, 0.25) is 10.0 Å². The number of sulfone groups is 1. The Labute approximate surface area is 93.4 Å². The molecule has 1 saturated heterocycles. The molecule has 0 bridgehead atoms. The number of H-pyrrole nitrogens is 1. The summed E-state index contributed by atoms with van der Waals surface area (Å²) in [5.74, 6) is -0.242. The smallest absolute Gasteiger partial charge is 0.246 e. The summed E-state index contributed by atoms with van der Waals surface area (Å²) < 4.78 is 47.4. The monoisotopic (exact) mass is 265 g/mol. The van der Waals surface area contributed by atoms with E-state index in [1.165, 1.54) is 16.7 Å². The fourth-order valence-electron chi connectivity index (χ4n) is 1.47. The van der Waals surface area contributed by atoms with E-state index in [0.717, 1.165) is 0 Å². The molecule has 0 amide bonds. The highest BCUT2D eigenvalue weighted by Gasteiger charge is 2.31. The molecular formula is C7H11N3O4S2. The topological polar surface area (TPSA) is 100 Å². The van der Waals surface area contributed by atoms with E-state index in [4.69, 9.17) is 0 Å². The first-order valence-electron chi connectivity index (χ1n) is 4.61. The molecule has 0 aromatic carbocycles. The van der Waals surface area contributed by atoms with Crippen molar-refractivity contribution in [3.05, 3.63) is 12.4 Å². The lowest BCUT2D eigenvalue weighted by Crippen LogP contribution is -2.43. The molecule has 9 heteroatoms. The Bertz CT molecular complexity index is 547. The summed E-state index contributed by atoms with van der Waals surface area (Å²) in [6, 6.07) is 0. The maximum atomic E-state index is 11.9. The highest BCUT2D eigenvalue weighted by atomic mass is 32.2. The molecule has 1 aliphatic rings. The van der Waals surface area contributed by atoms with Gasteiger partial charge >= 0.3 is 0 Å². The summed E-state index contributed by atoms with van der Waals surface area (Å²) in [7, 11) is -6.67. The molecule has 0 unspecified atom stereocenters. The molecule has 0 spiro atoms. The van der Waals surface area contributed by atoms with Crippen molar-refractivity contribution in [2.75, 3.05) is 24.6 Å². The second kappa shape index (κ2) is 3.82. The van der Waals surface area contributed by atoms with E-state index in [9.17, 15) is 16.8 Å². The van der Waals surface area contributed by atoms with Gasteiger partial charge in [-0.3, -0.25) is 5.10 Å². The summed E-state index contributed by atoms with van der Waals surface area (Å²) in [6.45, 7) is 0.0195. The number of nitrogens with one attached hydrogen (secondary N) is 1. The van der Waals surface area contributed by atoms with Crippen LogP contribution in [0.15, 0.2) is 17.3 Å². The summed E-state index contributed by atoms with van der Waals surface area (Å²) in [4.78, 5) is 0.0618. The van der Waals surface area contributed by atoms with Crippen LogP contribution in [0.1, 0.15) is 0 Å². The number of hydrogen-bond acceptors (Lipinski definition) is 5. The van der Waals surface area contributed by atoms with Gasteiger partial charge < -0.3 is 0 Å². The molecule has 16 heavy (non-hydrogen) atoms. The lowest BCUT2D eigenvalue weighted by molar-refractivity contribution is 0.431. The van der Waals surface area contributed by atoms with Crippen LogP contribution in [0.2, 0.25) is 0 Å². The molecule has 0 atom stereocenters. The van der Waals surface area contributed by atoms with Crippen LogP contribution in [0.4, 0.5) is 0 Å². The summed E-state index contributed by atoms with van der Waals surface area (Å²) in [6.07, 6.45) is 2.48. The number of hydrogen-bond donors (Lipinski definition) is 1. The van der Waals surface area contributed by atoms with Crippen LogP contribution in [-0.4, -0.2) is 55.9 Å². The molecule has 1 N–H and O–H groups in total. The SMILES string of the molecule is O=S1(=O)CCN(S(=O)(=O)c2cn[nH]c2)CC1. The van der Waals surface area contributed by atoms with Crippen molar-refractivity contribution in [2.45, 2.75) is 4.90 Å². The van der Waals surface area contributed by atoms with Gasteiger partial charge in [-0.25, -0.2) is 16.8 Å². The van der Waals surface area contributed by atoms with Gasteiger partial charge in [0.25, 0.3) is 0 Å². The van der Waals surface area contributed by atoms with Crippen molar-refractivity contribution in [3.8, 4) is 0 Å². The first kappa shape index (κ1) is 11.6. The largest absolute Gasteiger partial charge is 0.284 e. The quantitative estimate of drug-likeness (QED) is 0.726. The molecule has 90 valence electrons. The highest BCUT2D eigenvalue weighted by molar-refractivity contribution is 7.92. The van der Waals surface area contributed by atoms with Crippen LogP contribution in [0.3, 0.4) is 0 Å². The molecule has 2 heterocycles. The summed E-state index contributed by atoms with van der Waals surface area (Å²) in [5.41, 5.74) is 0. The normalized spacial score (nSPS) is 22.0. The van der Waals surface area contributed by atoms with Crippen LogP contribution >= 0.6 is 0 Å². The molecule has 0 aliphatic carbocycles. The first-order valence-corrected chi connectivity index (χ1v) is 7.87. The van der Waals surface area contributed by atoms with Crippen molar-refractivity contribution < 1.29 is 16.8 Å². The van der Waals surface area contributed by atoms with E-state index in [1.54, 1.807) is 0 Å². The zero-order chi connectivity index (χ0) is 11.8. The summed E-state index contributed by atoms with van der Waals surface area (Å²) >= 11 is 0. The highest BCUT2D eigenvalue weighted by Crippen LogP contribution is 2.16. The third-order valence-corrected chi connectivity index (χ3v) is 5.89. The molecule has 0 radical (unpaired) electrons. The zero-order valence-electron chi connectivity index (χ0n) is 8.33. The van der Waals surface area contributed by atoms with Crippen LogP contribution in [0.25, 0.3) is 0 Å². The Morgan fingerprint density at radius 2 is 1.94 bits per heavy atom. The van der Waals surface area contributed by atoms with Crippen molar-refractivity contribution in [1.29, 1.82) is 0 Å². The van der Waals surface area contributed by atoms with Crippen LogP contribution in [0, 0.1) is 0 Å². The van der Waals surface area contributed by atoms with Gasteiger partial charge in [-0.05, 0) is 0 Å². The maximum Gasteiger partial charge on any atom is 0.246 e. The molecule has 1 aliphatic heterocycles. The van der Waals surface area contributed by atoms with Crippen molar-refractivity contribution in [2.24, 2.45) is 0 Å². The van der Waals surface area contributed by atoms with Crippen molar-refractivity contribution in [3.63, 3.8) is 0 Å². The number of aromatic nitrogens is 2. The Hall–Kier alpha value is -0.930. The van der Waals surface area contributed by atoms with Crippen LogP contribution in [-0.2, 0) is 19.9 Å². The Balaban J connectivity index is 2.22. The third-order valence-electron chi connectivity index (χ3n) is 2.41. The van der Waals surface area contributed by atoms with E-state index in [1.807, 2.05) is 0 Å². The van der Waals surface area contributed by atoms with Crippen molar-refractivity contribution in [1.82, 2.24) is 14.5 Å². The van der Waals surface area contributed by atoms with Gasteiger partial charge in [0.1, 0.15) is 4.90 Å². The van der Waals surface area contributed by atoms with E-state index < -0.39 is 19.9 Å². The predicted molar refractivity (Wildman–Crippen MR) is 56.0 cm³/mol. The number of aromatic amines is 1. The molecule has 7 nitrogen and oxygen atoms in total. The lowest BCUT2D eigenvalue weighted by Gasteiger charge is -2.25. The fraction of sp³-hybridized carbons (Fsp3) is 0.571. The molecular weight excluding hydrogens is 254 g/mol. The van der Waals surface area contributed by atoms with Gasteiger partial charge in [0, 0.05) is 19.3 Å².